The van der Waals surface area contributed by atoms with Gasteiger partial charge in [0.05, 0.1) is 0 Å². The zero-order valence-electron chi connectivity index (χ0n) is 4.37. The normalized spacial score (nSPS) is 13.7. The van der Waals surface area contributed by atoms with E-state index in [9.17, 15) is 0 Å². The smallest absolute Gasteiger partial charge is 0.260 e. The Morgan fingerprint density at radius 3 is 2.00 bits per heavy atom. The van der Waals surface area contributed by atoms with Crippen LogP contribution in [-0.2, 0) is 4.43 Å². The van der Waals surface area contributed by atoms with Crippen LogP contribution in [0.2, 0.25) is 0 Å². The summed E-state index contributed by atoms with van der Waals surface area (Å²) in [6.07, 6.45) is 0. The van der Waals surface area contributed by atoms with Crippen LogP contribution in [0.4, 0.5) is 0 Å². The van der Waals surface area contributed by atoms with Crippen LogP contribution in [0.15, 0.2) is 0 Å². The molecular weight excluding hydrogens is 151 g/mol. The van der Waals surface area contributed by atoms with Crippen LogP contribution in [0.3, 0.4) is 0 Å². The maximum atomic E-state index is 5.56. The van der Waals surface area contributed by atoms with Crippen molar-refractivity contribution in [3.05, 3.63) is 0 Å². The van der Waals surface area contributed by atoms with Gasteiger partial charge >= 0.3 is 0 Å². The molecule has 7 heavy (non-hydrogen) atoms. The van der Waals surface area contributed by atoms with Gasteiger partial charge in [0.25, 0.3) is 9.07 Å². The molecule has 0 aromatic carbocycles. The van der Waals surface area contributed by atoms with E-state index in [0.717, 1.165) is 0 Å². The summed E-state index contributed by atoms with van der Waals surface area (Å²) in [6, 6.07) is 0. The first-order chi connectivity index (χ1) is 3.06. The van der Waals surface area contributed by atoms with Crippen LogP contribution < -0.4 is 0 Å². The van der Waals surface area contributed by atoms with Gasteiger partial charge in [-0.3, -0.25) is 0 Å². The highest BCUT2D eigenvalue weighted by Crippen LogP contribution is 2.12. The minimum atomic E-state index is -0.850. The second kappa shape index (κ2) is 2.92. The Bertz CT molecular complexity index is 51.4. The summed E-state index contributed by atoms with van der Waals surface area (Å²) in [5.41, 5.74) is 0. The maximum absolute atomic E-state index is 5.56. The van der Waals surface area contributed by atoms with E-state index >= 15 is 0 Å². The van der Waals surface area contributed by atoms with Crippen LogP contribution >= 0.6 is 22.7 Å². The topological polar surface area (TPSA) is 9.23 Å². The third-order valence-corrected chi connectivity index (χ3v) is 1.85. The molecule has 0 saturated carbocycles. The van der Waals surface area contributed by atoms with Gasteiger partial charge in [-0.15, -0.1) is 11.1 Å². The first-order valence-electron chi connectivity index (χ1n) is 1.95. The molecule has 0 aliphatic heterocycles. The molecule has 0 N–H and O–H groups in total. The van der Waals surface area contributed by atoms with E-state index in [-0.39, 0.29) is 0 Å². The van der Waals surface area contributed by atoms with Crippen LogP contribution in [-0.4, -0.2) is 14.1 Å². The highest BCUT2D eigenvalue weighted by molar-refractivity contribution is 6.90. The predicted octanol–water partition coefficient (Wildman–Crippen LogP) is 1.22. The summed E-state index contributed by atoms with van der Waals surface area (Å²) in [4.78, 5) is 0. The lowest BCUT2D eigenvalue weighted by atomic mass is 10.5. The van der Waals surface area contributed by atoms with Crippen LogP contribution in [0.25, 0.3) is 0 Å². The van der Waals surface area contributed by atoms with E-state index in [0.29, 0.717) is 0 Å². The summed E-state index contributed by atoms with van der Waals surface area (Å²) in [6.45, 7) is 3.54. The van der Waals surface area contributed by atoms with Crippen molar-refractivity contribution in [2.24, 2.45) is 0 Å². The fourth-order valence-electron chi connectivity index (χ4n) is 0.130. The van der Waals surface area contributed by atoms with Gasteiger partial charge in [-0.2, -0.15) is 0 Å². The molecule has 1 nitrogen and oxygen atoms in total. The first-order valence-corrected chi connectivity index (χ1v) is 5.04. The van der Waals surface area contributed by atoms with E-state index in [1.165, 1.54) is 0 Å². The van der Waals surface area contributed by atoms with Crippen molar-refractivity contribution in [2.75, 3.05) is 0 Å². The largest absolute Gasteiger partial charge is 0.390 e. The molecule has 0 heterocycles. The van der Waals surface area contributed by atoms with E-state index in [1.807, 2.05) is 0 Å². The molecular formula is C3H8Cl2OSi. The number of rotatable bonds is 2. The van der Waals surface area contributed by atoms with E-state index in [2.05, 4.69) is 0 Å². The van der Waals surface area contributed by atoms with Gasteiger partial charge in [-0.1, -0.05) is 11.6 Å². The lowest BCUT2D eigenvalue weighted by Gasteiger charge is -2.13. The van der Waals surface area contributed by atoms with E-state index in [1.54, 1.807) is 13.8 Å². The molecule has 0 amide bonds. The summed E-state index contributed by atoms with van der Waals surface area (Å²) < 4.78 is 4.90. The molecule has 0 aliphatic carbocycles. The van der Waals surface area contributed by atoms with Crippen molar-refractivity contribution in [1.82, 2.24) is 0 Å². The van der Waals surface area contributed by atoms with E-state index in [4.69, 9.17) is 27.1 Å². The molecule has 0 aromatic heterocycles. The van der Waals surface area contributed by atoms with Gasteiger partial charge in [0.2, 0.25) is 0 Å². The minimum absolute atomic E-state index is 0.548. The number of halogens is 2. The third-order valence-electron chi connectivity index (χ3n) is 0.398. The number of alkyl halides is 1. The fraction of sp³-hybridized carbons (Fsp3) is 1.00. The lowest BCUT2D eigenvalue weighted by molar-refractivity contribution is 0.216. The standard InChI is InChI=1S/C3H8Cl2OSi/c1-3(2,4)6-7-5/h7H2,1-2H3. The molecule has 4 heteroatoms. The Balaban J connectivity index is 3.15. The average Bonchev–Trinajstić information content (AvgIpc) is 1.30. The van der Waals surface area contributed by atoms with Gasteiger partial charge in [0, 0.05) is 0 Å². The molecule has 0 spiro atoms. The third kappa shape index (κ3) is 6.76. The predicted molar refractivity (Wildman–Crippen MR) is 35.4 cm³/mol. The van der Waals surface area contributed by atoms with Crippen molar-refractivity contribution in [2.45, 2.75) is 18.9 Å². The Hall–Kier alpha value is 0.757. The molecule has 0 saturated heterocycles. The Labute approximate surface area is 55.6 Å². The summed E-state index contributed by atoms with van der Waals surface area (Å²) in [7, 11) is -0.850. The highest BCUT2D eigenvalue weighted by atomic mass is 35.6. The van der Waals surface area contributed by atoms with Gasteiger partial charge in [-0.25, -0.2) is 0 Å². The Kier molecular flexibility index (Phi) is 3.24. The fourth-order valence-corrected chi connectivity index (χ4v) is 1.54. The van der Waals surface area contributed by atoms with Gasteiger partial charge < -0.3 is 4.43 Å². The summed E-state index contributed by atoms with van der Waals surface area (Å²) in [5, 5.41) is -0.548. The summed E-state index contributed by atoms with van der Waals surface area (Å²) in [5.74, 6) is 0. The highest BCUT2D eigenvalue weighted by Gasteiger charge is 2.10. The van der Waals surface area contributed by atoms with Gasteiger partial charge in [0.15, 0.2) is 0 Å². The molecule has 0 aliphatic rings. The van der Waals surface area contributed by atoms with Crippen molar-refractivity contribution in [3.63, 3.8) is 0 Å². The van der Waals surface area contributed by atoms with Crippen LogP contribution in [0.1, 0.15) is 13.8 Å². The van der Waals surface area contributed by atoms with Crippen molar-refractivity contribution >= 4 is 31.8 Å². The molecule has 0 rings (SSSR count). The molecule has 0 fully saturated rings. The molecule has 0 aromatic rings. The lowest BCUT2D eigenvalue weighted by Crippen LogP contribution is -2.15. The van der Waals surface area contributed by atoms with Crippen molar-refractivity contribution in [3.8, 4) is 0 Å². The average molecular weight is 159 g/mol. The Morgan fingerprint density at radius 1 is 1.57 bits per heavy atom. The minimum Gasteiger partial charge on any atom is -0.390 e. The molecule has 0 atom stereocenters. The molecule has 0 radical (unpaired) electrons. The van der Waals surface area contributed by atoms with E-state index < -0.39 is 14.1 Å². The molecule has 0 unspecified atom stereocenters. The number of hydrogen-bond donors (Lipinski definition) is 0. The Morgan fingerprint density at radius 2 is 2.00 bits per heavy atom. The SMILES string of the molecule is CC(C)(Cl)O[SiH2]Cl. The van der Waals surface area contributed by atoms with Gasteiger partial charge in [-0.05, 0) is 13.8 Å². The van der Waals surface area contributed by atoms with Crippen molar-refractivity contribution < 1.29 is 4.43 Å². The zero-order chi connectivity index (χ0) is 5.91. The maximum Gasteiger partial charge on any atom is 0.260 e. The van der Waals surface area contributed by atoms with Crippen LogP contribution in [0, 0.1) is 0 Å². The monoisotopic (exact) mass is 158 g/mol. The summed E-state index contributed by atoms with van der Waals surface area (Å²) >= 11 is 10.9. The van der Waals surface area contributed by atoms with Crippen LogP contribution in [0.5, 0.6) is 0 Å². The second-order valence-electron chi connectivity index (χ2n) is 1.62. The van der Waals surface area contributed by atoms with Gasteiger partial charge in [0.1, 0.15) is 5.06 Å². The quantitative estimate of drug-likeness (QED) is 0.334. The second-order valence-corrected chi connectivity index (χ2v) is 3.69. The van der Waals surface area contributed by atoms with Crippen molar-refractivity contribution in [1.29, 1.82) is 0 Å². The zero-order valence-corrected chi connectivity index (χ0v) is 7.30. The molecule has 0 bridgehead atoms. The number of hydrogen-bond acceptors (Lipinski definition) is 1. The first kappa shape index (κ1) is 7.76. The molecule has 44 valence electrons.